The number of primary amides is 1. The Morgan fingerprint density at radius 2 is 1.85 bits per heavy atom. The molecule has 0 bridgehead atoms. The number of nitrogens with two attached hydrogens (primary N) is 1. The Kier molecular flexibility index (Phi) is 5.72. The maximum Gasteiger partial charge on any atom is 0.410 e. The van der Waals surface area contributed by atoms with E-state index in [1.165, 1.54) is 12.1 Å². The van der Waals surface area contributed by atoms with Crippen LogP contribution in [0.2, 0.25) is 0 Å². The molecule has 0 aliphatic carbocycles. The number of benzene rings is 2. The summed E-state index contributed by atoms with van der Waals surface area (Å²) in [6.07, 6.45) is 1.19. The van der Waals surface area contributed by atoms with E-state index in [-0.39, 0.29) is 23.1 Å². The van der Waals surface area contributed by atoms with Gasteiger partial charge in [-0.05, 0) is 63.8 Å². The van der Waals surface area contributed by atoms with E-state index in [1.54, 1.807) is 17.9 Å². The highest BCUT2D eigenvalue weighted by Crippen LogP contribution is 2.49. The zero-order chi connectivity index (χ0) is 24.0. The third-order valence-corrected chi connectivity index (χ3v) is 5.94. The lowest BCUT2D eigenvalue weighted by Crippen LogP contribution is -2.41. The lowest BCUT2D eigenvalue weighted by molar-refractivity contribution is -0.0712. The van der Waals surface area contributed by atoms with Crippen LogP contribution in [-0.4, -0.2) is 35.6 Å². The normalized spacial score (nSPS) is 20.6. The molecule has 4 rings (SSSR count). The van der Waals surface area contributed by atoms with Gasteiger partial charge in [0.1, 0.15) is 11.4 Å². The van der Waals surface area contributed by atoms with Gasteiger partial charge in [0.05, 0.1) is 5.56 Å². The molecule has 7 nitrogen and oxygen atoms in total. The average molecular weight is 457 g/mol. The fourth-order valence-corrected chi connectivity index (χ4v) is 4.32. The summed E-state index contributed by atoms with van der Waals surface area (Å²) in [5.41, 5.74) is 5.93. The van der Waals surface area contributed by atoms with Crippen molar-refractivity contribution in [2.75, 3.05) is 13.1 Å². The van der Waals surface area contributed by atoms with Gasteiger partial charge in [-0.1, -0.05) is 12.1 Å². The Hall–Kier alpha value is -3.29. The number of ether oxygens (including phenoxy) is 3. The van der Waals surface area contributed by atoms with Crippen LogP contribution >= 0.6 is 0 Å². The van der Waals surface area contributed by atoms with Crippen LogP contribution in [0.1, 0.15) is 67.9 Å². The molecule has 2 aliphatic rings. The molecule has 8 heteroatoms. The number of carbonyl (C=O) groups excluding carboxylic acids is 2. The molecule has 2 heterocycles. The molecule has 2 amide bonds. The van der Waals surface area contributed by atoms with Crippen LogP contribution in [0.25, 0.3) is 0 Å². The first-order chi connectivity index (χ1) is 15.5. The Morgan fingerprint density at radius 1 is 1.15 bits per heavy atom. The predicted molar refractivity (Wildman–Crippen MR) is 120 cm³/mol. The van der Waals surface area contributed by atoms with E-state index >= 15 is 0 Å². The molecule has 176 valence electrons. The van der Waals surface area contributed by atoms with Crippen molar-refractivity contribution in [3.05, 3.63) is 58.9 Å². The number of rotatable bonds is 3. The van der Waals surface area contributed by atoms with E-state index in [0.29, 0.717) is 24.6 Å². The number of fused-ring (bicyclic) bond motifs is 1. The first-order valence-electron chi connectivity index (χ1n) is 11.1. The van der Waals surface area contributed by atoms with Gasteiger partial charge < -0.3 is 24.8 Å². The van der Waals surface area contributed by atoms with E-state index in [4.69, 9.17) is 19.9 Å². The lowest BCUT2D eigenvalue weighted by atomic mass is 9.89. The molecule has 0 unspecified atom stereocenters. The quantitative estimate of drug-likeness (QED) is 0.724. The molecule has 0 spiro atoms. The van der Waals surface area contributed by atoms with E-state index in [2.05, 4.69) is 0 Å². The van der Waals surface area contributed by atoms with Gasteiger partial charge in [-0.2, -0.15) is 0 Å². The third kappa shape index (κ3) is 4.60. The van der Waals surface area contributed by atoms with Crippen LogP contribution in [0, 0.1) is 5.82 Å². The molecular formula is C25H29FN2O5. The Labute approximate surface area is 192 Å². The number of hydrogen-bond acceptors (Lipinski definition) is 5. The highest BCUT2D eigenvalue weighted by atomic mass is 19.1. The van der Waals surface area contributed by atoms with Crippen molar-refractivity contribution in [3.8, 4) is 11.5 Å². The third-order valence-electron chi connectivity index (χ3n) is 5.94. The van der Waals surface area contributed by atoms with Gasteiger partial charge in [-0.25, -0.2) is 9.18 Å². The molecule has 1 saturated heterocycles. The van der Waals surface area contributed by atoms with Crippen molar-refractivity contribution in [2.45, 2.75) is 57.8 Å². The second-order valence-corrected chi connectivity index (χ2v) is 9.62. The number of likely N-dealkylation sites (tertiary alicyclic amines) is 1. The topological polar surface area (TPSA) is 91.1 Å². The fraction of sp³-hybridized carbons (Fsp3) is 0.440. The Morgan fingerprint density at radius 3 is 2.45 bits per heavy atom. The summed E-state index contributed by atoms with van der Waals surface area (Å²) < 4.78 is 32.5. The lowest BCUT2D eigenvalue weighted by Gasteiger charge is -2.34. The number of para-hydroxylation sites is 1. The molecule has 1 fully saturated rings. The summed E-state index contributed by atoms with van der Waals surface area (Å²) in [6, 6.07) is 9.65. The van der Waals surface area contributed by atoms with E-state index in [9.17, 15) is 14.0 Å². The minimum atomic E-state index is -1.38. The highest BCUT2D eigenvalue weighted by Gasteiger charge is 2.43. The summed E-state index contributed by atoms with van der Waals surface area (Å²) in [6.45, 7) is 8.34. The van der Waals surface area contributed by atoms with Gasteiger partial charge in [-0.3, -0.25) is 4.79 Å². The predicted octanol–water partition coefficient (Wildman–Crippen LogP) is 4.68. The van der Waals surface area contributed by atoms with Crippen molar-refractivity contribution in [1.82, 2.24) is 4.90 Å². The largest absolute Gasteiger partial charge is 0.444 e. The zero-order valence-electron chi connectivity index (χ0n) is 19.3. The van der Waals surface area contributed by atoms with Gasteiger partial charge >= 0.3 is 6.09 Å². The monoisotopic (exact) mass is 456 g/mol. The van der Waals surface area contributed by atoms with Crippen LogP contribution in [0.3, 0.4) is 0 Å². The second kappa shape index (κ2) is 8.24. The molecule has 2 aromatic carbocycles. The Balaban J connectivity index is 1.51. The standard InChI is InChI=1S/C25H29FN2O5/c1-24(2,3)33-23(30)28-12-10-15(11-13-28)17-6-5-7-20-21(17)32-25(4,31-20)18-9-8-16(22(27)29)14-19(18)26/h5-9,14-15H,10-13H2,1-4H3,(H2,27,29)/t25-/m0/s1. The molecule has 2 aliphatic heterocycles. The Bertz CT molecular complexity index is 1090. The maximum absolute atomic E-state index is 14.8. The summed E-state index contributed by atoms with van der Waals surface area (Å²) in [5.74, 6) is -1.45. The SMILES string of the molecule is CC(C)(C)OC(=O)N1CCC(c2cccc3c2O[C@@](C)(c2ccc(C(N)=O)cc2F)O3)CC1. The number of halogens is 1. The molecular weight excluding hydrogens is 427 g/mol. The molecule has 0 saturated carbocycles. The number of hydrogen-bond donors (Lipinski definition) is 1. The molecule has 1 atom stereocenters. The first kappa shape index (κ1) is 22.9. The summed E-state index contributed by atoms with van der Waals surface area (Å²) in [7, 11) is 0. The minimum Gasteiger partial charge on any atom is -0.444 e. The molecule has 0 radical (unpaired) electrons. The van der Waals surface area contributed by atoms with Crippen LogP contribution in [0.4, 0.5) is 9.18 Å². The number of carbonyl (C=O) groups is 2. The fourth-order valence-electron chi connectivity index (χ4n) is 4.32. The van der Waals surface area contributed by atoms with Gasteiger partial charge in [0.15, 0.2) is 11.5 Å². The highest BCUT2D eigenvalue weighted by molar-refractivity contribution is 5.92. The zero-order valence-corrected chi connectivity index (χ0v) is 19.3. The molecule has 0 aromatic heterocycles. The van der Waals surface area contributed by atoms with Crippen LogP contribution in [0.15, 0.2) is 36.4 Å². The number of amides is 2. The van der Waals surface area contributed by atoms with Crippen molar-refractivity contribution in [3.63, 3.8) is 0 Å². The summed E-state index contributed by atoms with van der Waals surface area (Å²) in [5, 5.41) is 0. The summed E-state index contributed by atoms with van der Waals surface area (Å²) in [4.78, 5) is 25.5. The van der Waals surface area contributed by atoms with Gasteiger partial charge in [0.25, 0.3) is 5.79 Å². The molecule has 2 N–H and O–H groups in total. The van der Waals surface area contributed by atoms with Crippen LogP contribution < -0.4 is 15.2 Å². The minimum absolute atomic E-state index is 0.0767. The van der Waals surface area contributed by atoms with Crippen molar-refractivity contribution < 1.29 is 28.2 Å². The number of piperidine rings is 1. The molecule has 33 heavy (non-hydrogen) atoms. The van der Waals surface area contributed by atoms with E-state index in [0.717, 1.165) is 24.5 Å². The first-order valence-corrected chi connectivity index (χ1v) is 11.1. The van der Waals surface area contributed by atoms with Gasteiger partial charge in [0, 0.05) is 31.1 Å². The average Bonchev–Trinajstić information content (AvgIpc) is 3.09. The van der Waals surface area contributed by atoms with Crippen molar-refractivity contribution >= 4 is 12.0 Å². The van der Waals surface area contributed by atoms with Crippen LogP contribution in [-0.2, 0) is 10.5 Å². The van der Waals surface area contributed by atoms with Gasteiger partial charge in [-0.15, -0.1) is 0 Å². The molecule has 2 aromatic rings. The van der Waals surface area contributed by atoms with Gasteiger partial charge in [0.2, 0.25) is 5.91 Å². The number of nitrogens with zero attached hydrogens (tertiary/aromatic N) is 1. The second-order valence-electron chi connectivity index (χ2n) is 9.62. The van der Waals surface area contributed by atoms with E-state index in [1.807, 2.05) is 32.9 Å². The smallest absolute Gasteiger partial charge is 0.410 e. The summed E-state index contributed by atoms with van der Waals surface area (Å²) >= 11 is 0. The van der Waals surface area contributed by atoms with Crippen molar-refractivity contribution in [1.29, 1.82) is 0 Å². The van der Waals surface area contributed by atoms with Crippen molar-refractivity contribution in [2.24, 2.45) is 5.73 Å². The maximum atomic E-state index is 14.8. The van der Waals surface area contributed by atoms with Crippen LogP contribution in [0.5, 0.6) is 11.5 Å². The van der Waals surface area contributed by atoms with E-state index < -0.39 is 23.1 Å².